The minimum atomic E-state index is -3.75. The maximum Gasteiger partial charge on any atom is 0.407 e. The number of hydrogen-bond donors (Lipinski definition) is 2. The molecule has 0 saturated carbocycles. The van der Waals surface area contributed by atoms with E-state index in [9.17, 15) is 18.0 Å². The third-order valence-electron chi connectivity index (χ3n) is 4.21. The molecule has 10 heteroatoms. The molecule has 1 saturated heterocycles. The predicted molar refractivity (Wildman–Crippen MR) is 111 cm³/mol. The van der Waals surface area contributed by atoms with Gasteiger partial charge in [0, 0.05) is 31.7 Å². The number of amides is 2. The summed E-state index contributed by atoms with van der Waals surface area (Å²) in [5.41, 5.74) is -0.422. The summed E-state index contributed by atoms with van der Waals surface area (Å²) >= 11 is 6.12. The first-order chi connectivity index (χ1) is 13.5. The zero-order valence-electron chi connectivity index (χ0n) is 17.0. The summed E-state index contributed by atoms with van der Waals surface area (Å²) in [6.07, 6.45) is 2.04. The normalized spacial score (nSPS) is 15.6. The second-order valence-corrected chi connectivity index (χ2v) is 10.1. The van der Waals surface area contributed by atoms with Crippen LogP contribution in [0.5, 0.6) is 0 Å². The van der Waals surface area contributed by atoms with Crippen LogP contribution in [0, 0.1) is 0 Å². The lowest BCUT2D eigenvalue weighted by Crippen LogP contribution is -2.38. The number of piperidine rings is 1. The summed E-state index contributed by atoms with van der Waals surface area (Å²) in [6.45, 7) is 6.50. The molecule has 0 unspecified atom stereocenters. The summed E-state index contributed by atoms with van der Waals surface area (Å²) < 4.78 is 32.3. The highest BCUT2D eigenvalue weighted by molar-refractivity contribution is 7.89. The predicted octanol–water partition coefficient (Wildman–Crippen LogP) is 2.77. The van der Waals surface area contributed by atoms with Crippen LogP contribution in [0.2, 0.25) is 5.02 Å². The van der Waals surface area contributed by atoms with Crippen LogP contribution in [-0.4, -0.2) is 56.5 Å². The van der Waals surface area contributed by atoms with Crippen molar-refractivity contribution >= 4 is 33.6 Å². The fourth-order valence-electron chi connectivity index (χ4n) is 2.84. The van der Waals surface area contributed by atoms with Gasteiger partial charge in [0.15, 0.2) is 0 Å². The van der Waals surface area contributed by atoms with E-state index >= 15 is 0 Å². The number of rotatable bonds is 6. The molecule has 0 aromatic heterocycles. The first-order valence-electron chi connectivity index (χ1n) is 9.55. The minimum Gasteiger partial charge on any atom is -0.444 e. The summed E-state index contributed by atoms with van der Waals surface area (Å²) in [5, 5.41) is 5.25. The number of nitrogens with one attached hydrogen (secondary N) is 2. The third-order valence-corrected chi connectivity index (χ3v) is 6.59. The van der Waals surface area contributed by atoms with E-state index in [2.05, 4.69) is 10.6 Å². The van der Waals surface area contributed by atoms with Gasteiger partial charge in [0.1, 0.15) is 10.5 Å². The number of nitrogens with zero attached hydrogens (tertiary/aromatic N) is 1. The van der Waals surface area contributed by atoms with Crippen molar-refractivity contribution in [2.75, 3.05) is 26.2 Å². The van der Waals surface area contributed by atoms with Gasteiger partial charge >= 0.3 is 6.09 Å². The van der Waals surface area contributed by atoms with Gasteiger partial charge in [0.05, 0.1) is 5.02 Å². The lowest BCUT2D eigenvalue weighted by atomic mass is 10.2. The second-order valence-electron chi connectivity index (χ2n) is 7.79. The molecular formula is C19H28ClN3O5S. The minimum absolute atomic E-state index is 0.0689. The number of carbonyl (C=O) groups is 2. The molecule has 0 atom stereocenters. The van der Waals surface area contributed by atoms with Gasteiger partial charge in [-0.25, -0.2) is 13.2 Å². The molecule has 2 N–H and O–H groups in total. The molecule has 1 aliphatic rings. The van der Waals surface area contributed by atoms with E-state index < -0.39 is 27.6 Å². The summed E-state index contributed by atoms with van der Waals surface area (Å²) in [5.74, 6) is -0.456. The van der Waals surface area contributed by atoms with E-state index in [4.69, 9.17) is 16.3 Å². The van der Waals surface area contributed by atoms with Crippen LogP contribution in [-0.2, 0) is 14.8 Å². The van der Waals surface area contributed by atoms with Crippen LogP contribution in [0.15, 0.2) is 23.1 Å². The number of hydrogen-bond acceptors (Lipinski definition) is 5. The van der Waals surface area contributed by atoms with Crippen molar-refractivity contribution in [3.05, 3.63) is 28.8 Å². The number of carbonyl (C=O) groups excluding carboxylic acids is 2. The molecule has 1 aromatic carbocycles. The van der Waals surface area contributed by atoms with Crippen molar-refractivity contribution in [3.8, 4) is 0 Å². The Morgan fingerprint density at radius 1 is 1.10 bits per heavy atom. The molecule has 2 rings (SSSR count). The SMILES string of the molecule is CC(C)(C)OC(=O)NCCNC(=O)c1ccc(Cl)c(S(=O)(=O)N2CCCCC2)c1. The average molecular weight is 446 g/mol. The molecule has 162 valence electrons. The fourth-order valence-corrected chi connectivity index (χ4v) is 4.86. The highest BCUT2D eigenvalue weighted by Gasteiger charge is 2.28. The maximum atomic E-state index is 12.9. The number of halogens is 1. The van der Waals surface area contributed by atoms with Gasteiger partial charge in [0.25, 0.3) is 5.91 Å². The van der Waals surface area contributed by atoms with Crippen LogP contribution in [0.25, 0.3) is 0 Å². The maximum absolute atomic E-state index is 12.9. The Kier molecular flexibility index (Phi) is 7.90. The van der Waals surface area contributed by atoms with Crippen molar-refractivity contribution in [1.82, 2.24) is 14.9 Å². The van der Waals surface area contributed by atoms with E-state index in [0.29, 0.717) is 13.1 Å². The van der Waals surface area contributed by atoms with E-state index in [1.54, 1.807) is 20.8 Å². The van der Waals surface area contributed by atoms with Gasteiger partial charge in [-0.3, -0.25) is 4.79 Å². The van der Waals surface area contributed by atoms with Gasteiger partial charge < -0.3 is 15.4 Å². The van der Waals surface area contributed by atoms with Gasteiger partial charge in [-0.2, -0.15) is 4.31 Å². The average Bonchev–Trinajstić information content (AvgIpc) is 2.64. The van der Waals surface area contributed by atoms with E-state index in [1.807, 2.05) is 0 Å². The zero-order chi connectivity index (χ0) is 21.7. The largest absolute Gasteiger partial charge is 0.444 e. The molecule has 1 aromatic rings. The molecule has 0 spiro atoms. The van der Waals surface area contributed by atoms with Crippen LogP contribution in [0.3, 0.4) is 0 Å². The van der Waals surface area contributed by atoms with Crippen molar-refractivity contribution in [2.45, 2.75) is 50.5 Å². The Labute approximate surface area is 177 Å². The summed E-state index contributed by atoms with van der Waals surface area (Å²) in [4.78, 5) is 23.9. The van der Waals surface area contributed by atoms with Crippen molar-refractivity contribution < 1.29 is 22.7 Å². The first-order valence-corrected chi connectivity index (χ1v) is 11.4. The van der Waals surface area contributed by atoms with Gasteiger partial charge in [0.2, 0.25) is 10.0 Å². The zero-order valence-corrected chi connectivity index (χ0v) is 18.5. The monoisotopic (exact) mass is 445 g/mol. The molecule has 29 heavy (non-hydrogen) atoms. The smallest absolute Gasteiger partial charge is 0.407 e. The van der Waals surface area contributed by atoms with Crippen molar-refractivity contribution in [3.63, 3.8) is 0 Å². The Bertz CT molecular complexity index is 846. The van der Waals surface area contributed by atoms with Crippen molar-refractivity contribution in [1.29, 1.82) is 0 Å². The van der Waals surface area contributed by atoms with E-state index in [1.165, 1.54) is 22.5 Å². The lowest BCUT2D eigenvalue weighted by molar-refractivity contribution is 0.0526. The van der Waals surface area contributed by atoms with E-state index in [-0.39, 0.29) is 28.6 Å². The Morgan fingerprint density at radius 2 is 1.72 bits per heavy atom. The molecule has 1 heterocycles. The molecule has 0 bridgehead atoms. The highest BCUT2D eigenvalue weighted by atomic mass is 35.5. The highest BCUT2D eigenvalue weighted by Crippen LogP contribution is 2.27. The number of ether oxygens (including phenoxy) is 1. The second kappa shape index (κ2) is 9.77. The van der Waals surface area contributed by atoms with E-state index in [0.717, 1.165) is 19.3 Å². The summed E-state index contributed by atoms with van der Waals surface area (Å²) in [7, 11) is -3.75. The van der Waals surface area contributed by atoms with Gasteiger partial charge in [-0.1, -0.05) is 18.0 Å². The first kappa shape index (κ1) is 23.4. The Balaban J connectivity index is 1.98. The van der Waals surface area contributed by atoms with Gasteiger partial charge in [-0.05, 0) is 51.8 Å². The Hall–Kier alpha value is -1.84. The quantitative estimate of drug-likeness (QED) is 0.655. The molecule has 1 aliphatic heterocycles. The molecule has 0 aliphatic carbocycles. The van der Waals surface area contributed by atoms with Crippen LogP contribution >= 0.6 is 11.6 Å². The standard InChI is InChI=1S/C19H28ClN3O5S/c1-19(2,3)28-18(25)22-10-9-21-17(24)14-7-8-15(20)16(13-14)29(26,27)23-11-5-4-6-12-23/h7-8,13H,4-6,9-12H2,1-3H3,(H,21,24)(H,22,25). The van der Waals surface area contributed by atoms with Crippen LogP contribution in [0.4, 0.5) is 4.79 Å². The number of sulfonamides is 1. The molecular weight excluding hydrogens is 418 g/mol. The Morgan fingerprint density at radius 3 is 2.34 bits per heavy atom. The fraction of sp³-hybridized carbons (Fsp3) is 0.579. The lowest BCUT2D eigenvalue weighted by Gasteiger charge is -2.26. The molecule has 1 fully saturated rings. The topological polar surface area (TPSA) is 105 Å². The summed E-state index contributed by atoms with van der Waals surface area (Å²) in [6, 6.07) is 4.17. The van der Waals surface area contributed by atoms with Crippen LogP contribution < -0.4 is 10.6 Å². The molecule has 0 radical (unpaired) electrons. The number of alkyl carbamates (subject to hydrolysis) is 1. The van der Waals surface area contributed by atoms with Crippen LogP contribution in [0.1, 0.15) is 50.4 Å². The molecule has 2 amide bonds. The third kappa shape index (κ3) is 6.87. The molecule has 8 nitrogen and oxygen atoms in total. The number of benzene rings is 1. The van der Waals surface area contributed by atoms with Crippen molar-refractivity contribution in [2.24, 2.45) is 0 Å². The van der Waals surface area contributed by atoms with Gasteiger partial charge in [-0.15, -0.1) is 0 Å².